The van der Waals surface area contributed by atoms with Gasteiger partial charge in [0.1, 0.15) is 12.4 Å². The minimum Gasteiger partial charge on any atom is -0.488 e. The lowest BCUT2D eigenvalue weighted by Crippen LogP contribution is -2.17. The van der Waals surface area contributed by atoms with Gasteiger partial charge in [0.25, 0.3) is 0 Å². The van der Waals surface area contributed by atoms with Crippen LogP contribution in [-0.2, 0) is 13.0 Å². The molecule has 1 aromatic carbocycles. The van der Waals surface area contributed by atoms with Crippen molar-refractivity contribution in [1.29, 1.82) is 0 Å². The van der Waals surface area contributed by atoms with Crippen molar-refractivity contribution in [2.45, 2.75) is 31.9 Å². The molecule has 4 heteroatoms. The van der Waals surface area contributed by atoms with E-state index in [1.54, 1.807) is 11.3 Å². The first-order valence-corrected chi connectivity index (χ1v) is 8.09. The van der Waals surface area contributed by atoms with E-state index in [1.165, 1.54) is 22.4 Å². The lowest BCUT2D eigenvalue weighted by molar-refractivity contribution is 0.309. The number of halogens is 1. The van der Waals surface area contributed by atoms with Crippen LogP contribution < -0.4 is 10.5 Å². The first kappa shape index (κ1) is 13.2. The standard InChI is InChI=1S/C15H16BrNOS/c16-15-7-5-12(19-15)9-18-11-4-6-13-10(8-11)2-1-3-14(13)17/h4-8,14H,1-3,9,17H2. The number of thiophene rings is 1. The van der Waals surface area contributed by atoms with Gasteiger partial charge in [-0.3, -0.25) is 0 Å². The van der Waals surface area contributed by atoms with Crippen LogP contribution in [0.1, 0.15) is 34.9 Å². The molecular formula is C15H16BrNOS. The summed E-state index contributed by atoms with van der Waals surface area (Å²) in [6, 6.07) is 10.6. The first-order chi connectivity index (χ1) is 9.22. The van der Waals surface area contributed by atoms with E-state index in [2.05, 4.69) is 40.2 Å². The molecule has 1 aliphatic carbocycles. The van der Waals surface area contributed by atoms with Gasteiger partial charge in [-0.05, 0) is 70.6 Å². The van der Waals surface area contributed by atoms with Crippen molar-refractivity contribution in [2.24, 2.45) is 5.73 Å². The first-order valence-electron chi connectivity index (χ1n) is 6.48. The summed E-state index contributed by atoms with van der Waals surface area (Å²) in [5, 5.41) is 0. The summed E-state index contributed by atoms with van der Waals surface area (Å²) in [5.41, 5.74) is 8.76. The zero-order chi connectivity index (χ0) is 13.2. The number of hydrogen-bond acceptors (Lipinski definition) is 3. The van der Waals surface area contributed by atoms with Crippen molar-refractivity contribution in [3.8, 4) is 5.75 Å². The summed E-state index contributed by atoms with van der Waals surface area (Å²) in [4.78, 5) is 1.22. The van der Waals surface area contributed by atoms with Crippen LogP contribution in [0, 0.1) is 0 Å². The van der Waals surface area contributed by atoms with Gasteiger partial charge in [-0.25, -0.2) is 0 Å². The summed E-state index contributed by atoms with van der Waals surface area (Å²) in [6.45, 7) is 0.626. The number of rotatable bonds is 3. The van der Waals surface area contributed by atoms with Crippen LogP contribution in [-0.4, -0.2) is 0 Å². The van der Waals surface area contributed by atoms with E-state index in [1.807, 2.05) is 6.07 Å². The topological polar surface area (TPSA) is 35.2 Å². The fraction of sp³-hybridized carbons (Fsp3) is 0.333. The quantitative estimate of drug-likeness (QED) is 0.899. The van der Waals surface area contributed by atoms with Crippen LogP contribution in [0.5, 0.6) is 5.75 Å². The minimum absolute atomic E-state index is 0.200. The van der Waals surface area contributed by atoms with E-state index in [9.17, 15) is 0 Å². The zero-order valence-corrected chi connectivity index (χ0v) is 13.0. The van der Waals surface area contributed by atoms with Gasteiger partial charge in [0.2, 0.25) is 0 Å². The second-order valence-electron chi connectivity index (χ2n) is 4.85. The second-order valence-corrected chi connectivity index (χ2v) is 7.40. The SMILES string of the molecule is NC1CCCc2cc(OCc3ccc(Br)s3)ccc21. The number of aryl methyl sites for hydroxylation is 1. The summed E-state index contributed by atoms with van der Waals surface area (Å²) < 4.78 is 7.00. The molecule has 2 N–H and O–H groups in total. The molecule has 2 aromatic rings. The van der Waals surface area contributed by atoms with E-state index in [0.717, 1.165) is 22.4 Å². The molecule has 19 heavy (non-hydrogen) atoms. The highest BCUT2D eigenvalue weighted by atomic mass is 79.9. The van der Waals surface area contributed by atoms with Crippen LogP contribution in [0.3, 0.4) is 0 Å². The van der Waals surface area contributed by atoms with Crippen LogP contribution in [0.15, 0.2) is 34.1 Å². The Hall–Kier alpha value is -0.840. The maximum atomic E-state index is 6.12. The van der Waals surface area contributed by atoms with Gasteiger partial charge in [0.15, 0.2) is 0 Å². The Morgan fingerprint density at radius 2 is 2.21 bits per heavy atom. The van der Waals surface area contributed by atoms with Crippen molar-refractivity contribution in [1.82, 2.24) is 0 Å². The molecule has 3 rings (SSSR count). The molecule has 0 radical (unpaired) electrons. The Kier molecular flexibility index (Phi) is 3.91. The van der Waals surface area contributed by atoms with Crippen molar-refractivity contribution < 1.29 is 4.74 Å². The Labute approximate surface area is 125 Å². The summed E-state index contributed by atoms with van der Waals surface area (Å²) in [5.74, 6) is 0.942. The van der Waals surface area contributed by atoms with Gasteiger partial charge in [-0.1, -0.05) is 6.07 Å². The van der Waals surface area contributed by atoms with E-state index in [4.69, 9.17) is 10.5 Å². The predicted octanol–water partition coefficient (Wildman–Crippen LogP) is 4.43. The highest BCUT2D eigenvalue weighted by molar-refractivity contribution is 9.11. The summed E-state index contributed by atoms with van der Waals surface area (Å²) >= 11 is 5.17. The van der Waals surface area contributed by atoms with Gasteiger partial charge in [-0.15, -0.1) is 11.3 Å². The molecule has 0 bridgehead atoms. The van der Waals surface area contributed by atoms with Crippen molar-refractivity contribution in [2.75, 3.05) is 0 Å². The number of hydrogen-bond donors (Lipinski definition) is 1. The summed E-state index contributed by atoms with van der Waals surface area (Å²) in [7, 11) is 0. The third kappa shape index (κ3) is 3.02. The predicted molar refractivity (Wildman–Crippen MR) is 82.7 cm³/mol. The smallest absolute Gasteiger partial charge is 0.122 e. The van der Waals surface area contributed by atoms with Gasteiger partial charge in [0, 0.05) is 10.9 Å². The molecule has 2 nitrogen and oxygen atoms in total. The average Bonchev–Trinajstić information content (AvgIpc) is 2.82. The Bertz CT molecular complexity index is 581. The third-order valence-corrected chi connectivity index (χ3v) is 5.08. The van der Waals surface area contributed by atoms with E-state index < -0.39 is 0 Å². The van der Waals surface area contributed by atoms with Crippen molar-refractivity contribution >= 4 is 27.3 Å². The van der Waals surface area contributed by atoms with Crippen LogP contribution >= 0.6 is 27.3 Å². The molecule has 1 heterocycles. The Morgan fingerprint density at radius 1 is 1.32 bits per heavy atom. The molecule has 100 valence electrons. The fourth-order valence-corrected chi connectivity index (χ4v) is 3.90. The molecule has 0 spiro atoms. The maximum Gasteiger partial charge on any atom is 0.122 e. The molecule has 0 fully saturated rings. The molecule has 1 aliphatic rings. The highest BCUT2D eigenvalue weighted by Gasteiger charge is 2.16. The third-order valence-electron chi connectivity index (χ3n) is 3.49. The monoisotopic (exact) mass is 337 g/mol. The van der Waals surface area contributed by atoms with Crippen molar-refractivity contribution in [3.05, 3.63) is 50.1 Å². The molecule has 1 atom stereocenters. The van der Waals surface area contributed by atoms with Gasteiger partial charge < -0.3 is 10.5 Å². The number of nitrogens with two attached hydrogens (primary N) is 1. The fourth-order valence-electron chi connectivity index (χ4n) is 2.50. The lowest BCUT2D eigenvalue weighted by atomic mass is 9.88. The maximum absolute atomic E-state index is 6.12. The molecule has 0 aliphatic heterocycles. The average molecular weight is 338 g/mol. The molecule has 0 saturated heterocycles. The molecule has 1 aromatic heterocycles. The Morgan fingerprint density at radius 3 is 3.00 bits per heavy atom. The molecule has 1 unspecified atom stereocenters. The molecule has 0 saturated carbocycles. The van der Waals surface area contributed by atoms with Gasteiger partial charge >= 0.3 is 0 Å². The summed E-state index contributed by atoms with van der Waals surface area (Å²) in [6.07, 6.45) is 3.39. The lowest BCUT2D eigenvalue weighted by Gasteiger charge is -2.22. The van der Waals surface area contributed by atoms with Gasteiger partial charge in [-0.2, -0.15) is 0 Å². The van der Waals surface area contributed by atoms with Crippen molar-refractivity contribution in [3.63, 3.8) is 0 Å². The number of benzene rings is 1. The normalized spacial score (nSPS) is 18.1. The minimum atomic E-state index is 0.200. The molecular weight excluding hydrogens is 322 g/mol. The molecule has 0 amide bonds. The second kappa shape index (κ2) is 5.65. The largest absolute Gasteiger partial charge is 0.488 e. The zero-order valence-electron chi connectivity index (χ0n) is 10.6. The number of fused-ring (bicyclic) bond motifs is 1. The van der Waals surface area contributed by atoms with Crippen LogP contribution in [0.4, 0.5) is 0 Å². The van der Waals surface area contributed by atoms with E-state index in [0.29, 0.717) is 6.61 Å². The van der Waals surface area contributed by atoms with Crippen LogP contribution in [0.25, 0.3) is 0 Å². The van der Waals surface area contributed by atoms with Gasteiger partial charge in [0.05, 0.1) is 3.79 Å². The van der Waals surface area contributed by atoms with E-state index >= 15 is 0 Å². The highest BCUT2D eigenvalue weighted by Crippen LogP contribution is 2.31. The Balaban J connectivity index is 1.72. The number of ether oxygens (including phenoxy) is 1. The van der Waals surface area contributed by atoms with Crippen LogP contribution in [0.2, 0.25) is 0 Å². The van der Waals surface area contributed by atoms with E-state index in [-0.39, 0.29) is 6.04 Å².